The molecule has 9 rings (SSSR count). The molecule has 0 atom stereocenters. The Morgan fingerprint density at radius 1 is 0.380 bits per heavy atom. The van der Waals surface area contributed by atoms with Crippen LogP contribution < -0.4 is 0 Å². The van der Waals surface area contributed by atoms with Crippen LogP contribution >= 0.6 is 0 Å². The molecule has 7 aromatic carbocycles. The summed E-state index contributed by atoms with van der Waals surface area (Å²) in [6.45, 7) is 0. The van der Waals surface area contributed by atoms with Crippen molar-refractivity contribution in [3.63, 3.8) is 0 Å². The van der Waals surface area contributed by atoms with Gasteiger partial charge in [0.2, 0.25) is 0 Å². The Balaban J connectivity index is 1.20. The van der Waals surface area contributed by atoms with Gasteiger partial charge < -0.3 is 9.13 Å². The highest BCUT2D eigenvalue weighted by molar-refractivity contribution is 6.12. The van der Waals surface area contributed by atoms with E-state index in [-0.39, 0.29) is 0 Å². The van der Waals surface area contributed by atoms with Crippen LogP contribution in [0.5, 0.6) is 0 Å². The minimum absolute atomic E-state index is 0.481. The quantitative estimate of drug-likeness (QED) is 0.193. The monoisotopic (exact) mass is 635 g/mol. The first-order valence-electron chi connectivity index (χ1n) is 16.3. The van der Waals surface area contributed by atoms with Crippen LogP contribution in [-0.4, -0.2) is 9.13 Å². The molecule has 0 saturated carbocycles. The third-order valence-electron chi connectivity index (χ3n) is 9.63. The van der Waals surface area contributed by atoms with E-state index in [9.17, 15) is 15.8 Å². The van der Waals surface area contributed by atoms with Crippen molar-refractivity contribution in [2.45, 2.75) is 0 Å². The number of nitriles is 3. The minimum atomic E-state index is 0.481. The molecule has 0 radical (unpaired) electrons. The van der Waals surface area contributed by atoms with Crippen molar-refractivity contribution in [2.75, 3.05) is 0 Å². The molecule has 9 aromatic rings. The summed E-state index contributed by atoms with van der Waals surface area (Å²) in [4.78, 5) is 0. The third kappa shape index (κ3) is 4.31. The summed E-state index contributed by atoms with van der Waals surface area (Å²) in [5, 5.41) is 34.3. The average Bonchev–Trinajstić information content (AvgIpc) is 3.70. The standard InChI is InChI=1S/C45H25N5/c46-26-29-19-21-44-39(23-29)38-15-8-11-33(27-47)45(38)50(44)40-22-20-31(25-34(40)28-48)30-9-7-10-32(24-30)35-12-1-4-16-41(35)49-42-17-5-2-13-36(42)37-14-3-6-18-43(37)49/h1-25H. The molecule has 0 aliphatic carbocycles. The van der Waals surface area contributed by atoms with Gasteiger partial charge in [0, 0.05) is 27.1 Å². The maximum atomic E-state index is 10.5. The van der Waals surface area contributed by atoms with Crippen molar-refractivity contribution < 1.29 is 0 Å². The summed E-state index contributed by atoms with van der Waals surface area (Å²) in [5.74, 6) is 0. The molecule has 230 valence electrons. The Labute approximate surface area is 287 Å². The van der Waals surface area contributed by atoms with Gasteiger partial charge in [-0.3, -0.25) is 0 Å². The molecule has 0 spiro atoms. The molecule has 5 nitrogen and oxygen atoms in total. The molecule has 0 aliphatic heterocycles. The van der Waals surface area contributed by atoms with Gasteiger partial charge >= 0.3 is 0 Å². The van der Waals surface area contributed by atoms with Gasteiger partial charge in [0.05, 0.1) is 56.2 Å². The van der Waals surface area contributed by atoms with Crippen molar-refractivity contribution >= 4 is 43.6 Å². The van der Waals surface area contributed by atoms with Crippen LogP contribution in [0.15, 0.2) is 152 Å². The van der Waals surface area contributed by atoms with E-state index >= 15 is 0 Å². The second-order valence-electron chi connectivity index (χ2n) is 12.3. The number of para-hydroxylation sites is 4. The Bertz CT molecular complexity index is 2920. The van der Waals surface area contributed by atoms with Gasteiger partial charge in [-0.1, -0.05) is 91.0 Å². The minimum Gasteiger partial charge on any atom is -0.309 e. The lowest BCUT2D eigenvalue weighted by Gasteiger charge is -2.15. The number of hydrogen-bond acceptors (Lipinski definition) is 3. The molecule has 0 bridgehead atoms. The van der Waals surface area contributed by atoms with Crippen molar-refractivity contribution in [3.05, 3.63) is 168 Å². The molecule has 0 aliphatic rings. The fourth-order valence-electron chi connectivity index (χ4n) is 7.44. The maximum Gasteiger partial charge on any atom is 0.101 e. The van der Waals surface area contributed by atoms with E-state index in [1.54, 1.807) is 12.1 Å². The first kappa shape index (κ1) is 28.8. The van der Waals surface area contributed by atoms with Crippen molar-refractivity contribution in [1.29, 1.82) is 15.8 Å². The van der Waals surface area contributed by atoms with Gasteiger partial charge in [0.15, 0.2) is 0 Å². The van der Waals surface area contributed by atoms with Crippen LogP contribution in [0.2, 0.25) is 0 Å². The number of fused-ring (bicyclic) bond motifs is 6. The van der Waals surface area contributed by atoms with Crippen molar-refractivity contribution in [1.82, 2.24) is 9.13 Å². The molecular weight excluding hydrogens is 611 g/mol. The van der Waals surface area contributed by atoms with E-state index in [2.05, 4.69) is 120 Å². The second kappa shape index (κ2) is 11.4. The molecular formula is C45H25N5. The molecule has 50 heavy (non-hydrogen) atoms. The van der Waals surface area contributed by atoms with Crippen LogP contribution in [0.25, 0.3) is 77.2 Å². The summed E-state index contributed by atoms with van der Waals surface area (Å²) in [7, 11) is 0. The number of nitrogens with zero attached hydrogens (tertiary/aromatic N) is 5. The zero-order valence-electron chi connectivity index (χ0n) is 26.7. The molecule has 0 fully saturated rings. The molecule has 2 aromatic heterocycles. The lowest BCUT2D eigenvalue weighted by atomic mass is 9.96. The smallest absolute Gasteiger partial charge is 0.101 e. The molecule has 2 heterocycles. The highest BCUT2D eigenvalue weighted by atomic mass is 15.0. The second-order valence-corrected chi connectivity index (χ2v) is 12.3. The Morgan fingerprint density at radius 3 is 1.78 bits per heavy atom. The summed E-state index contributed by atoms with van der Waals surface area (Å²) in [6.07, 6.45) is 0. The van der Waals surface area contributed by atoms with Crippen LogP contribution in [0.1, 0.15) is 16.7 Å². The molecule has 0 unspecified atom stereocenters. The van der Waals surface area contributed by atoms with E-state index in [0.717, 1.165) is 55.3 Å². The van der Waals surface area contributed by atoms with Gasteiger partial charge in [0.25, 0.3) is 0 Å². The van der Waals surface area contributed by atoms with E-state index in [1.165, 1.54) is 10.8 Å². The van der Waals surface area contributed by atoms with E-state index in [4.69, 9.17) is 0 Å². The van der Waals surface area contributed by atoms with E-state index in [0.29, 0.717) is 27.9 Å². The molecule has 0 N–H and O–H groups in total. The van der Waals surface area contributed by atoms with Crippen LogP contribution in [0, 0.1) is 34.0 Å². The topological polar surface area (TPSA) is 81.2 Å². The highest BCUT2D eigenvalue weighted by Gasteiger charge is 2.19. The van der Waals surface area contributed by atoms with Crippen LogP contribution in [-0.2, 0) is 0 Å². The van der Waals surface area contributed by atoms with Gasteiger partial charge in [-0.15, -0.1) is 0 Å². The van der Waals surface area contributed by atoms with Crippen LogP contribution in [0.4, 0.5) is 0 Å². The molecule has 0 amide bonds. The Morgan fingerprint density at radius 2 is 1.02 bits per heavy atom. The van der Waals surface area contributed by atoms with Crippen molar-refractivity contribution in [2.24, 2.45) is 0 Å². The zero-order chi connectivity index (χ0) is 33.8. The van der Waals surface area contributed by atoms with Crippen molar-refractivity contribution in [3.8, 4) is 51.8 Å². The highest BCUT2D eigenvalue weighted by Crippen LogP contribution is 2.39. The maximum absolute atomic E-state index is 10.5. The summed E-state index contributed by atoms with van der Waals surface area (Å²) in [5.41, 5.74) is 11.2. The SMILES string of the molecule is N#Cc1ccc2c(c1)c1cccc(C#N)c1n2-c1ccc(-c2cccc(-c3ccccc3-n3c4ccccc4c4ccccc43)c2)cc1C#N. The lowest BCUT2D eigenvalue weighted by Crippen LogP contribution is -1.99. The predicted molar refractivity (Wildman–Crippen MR) is 200 cm³/mol. The fraction of sp³-hybridized carbons (Fsp3) is 0. The number of benzene rings is 7. The predicted octanol–water partition coefficient (Wildman–Crippen LogP) is 10.8. The normalized spacial score (nSPS) is 11.1. The van der Waals surface area contributed by atoms with E-state index in [1.807, 2.05) is 47.0 Å². The summed E-state index contributed by atoms with van der Waals surface area (Å²) < 4.78 is 4.32. The number of aromatic nitrogens is 2. The van der Waals surface area contributed by atoms with Gasteiger partial charge in [-0.05, 0) is 77.4 Å². The molecule has 0 saturated heterocycles. The summed E-state index contributed by atoms with van der Waals surface area (Å²) in [6, 6.07) is 58.0. The third-order valence-corrected chi connectivity index (χ3v) is 9.63. The van der Waals surface area contributed by atoms with Gasteiger partial charge in [-0.2, -0.15) is 15.8 Å². The number of rotatable bonds is 4. The average molecular weight is 636 g/mol. The Kier molecular flexibility index (Phi) is 6.56. The Hall–Kier alpha value is -7.39. The fourth-order valence-corrected chi connectivity index (χ4v) is 7.44. The largest absolute Gasteiger partial charge is 0.309 e. The lowest BCUT2D eigenvalue weighted by molar-refractivity contribution is 1.16. The van der Waals surface area contributed by atoms with Gasteiger partial charge in [-0.25, -0.2) is 0 Å². The zero-order valence-corrected chi connectivity index (χ0v) is 26.7. The van der Waals surface area contributed by atoms with Gasteiger partial charge in [0.1, 0.15) is 12.1 Å². The molecule has 5 heteroatoms. The first-order chi connectivity index (χ1) is 24.7. The first-order valence-corrected chi connectivity index (χ1v) is 16.3. The number of hydrogen-bond donors (Lipinski definition) is 0. The van der Waals surface area contributed by atoms with E-state index < -0.39 is 0 Å². The van der Waals surface area contributed by atoms with Crippen LogP contribution in [0.3, 0.4) is 0 Å². The summed E-state index contributed by atoms with van der Waals surface area (Å²) >= 11 is 0.